The fourth-order valence-corrected chi connectivity index (χ4v) is 3.17. The van der Waals surface area contributed by atoms with Gasteiger partial charge < -0.3 is 9.79 Å². The van der Waals surface area contributed by atoms with Gasteiger partial charge in [-0.25, -0.2) is 9.13 Å². The standard InChI is InChI=1S/C10H24O7P2.2K.2H/c1-9(2)5-7-15-19(14,17-18(11,12)13)16-8-6-10(3)4;;;;/h9-10H,5-8H2,1-4H3,(H2,11,12,13);;;;. The monoisotopic (exact) mass is 398 g/mol. The predicted molar refractivity (Wildman–Crippen MR) is 85.8 cm³/mol. The van der Waals surface area contributed by atoms with Gasteiger partial charge in [0.15, 0.2) is 0 Å². The van der Waals surface area contributed by atoms with Gasteiger partial charge in [0.2, 0.25) is 0 Å². The molecule has 0 bridgehead atoms. The van der Waals surface area contributed by atoms with E-state index >= 15 is 0 Å². The molecule has 0 fully saturated rings. The van der Waals surface area contributed by atoms with E-state index in [2.05, 4.69) is 4.31 Å². The second-order valence-corrected chi connectivity index (χ2v) is 8.10. The van der Waals surface area contributed by atoms with Crippen molar-refractivity contribution in [3.63, 3.8) is 0 Å². The number of rotatable bonds is 10. The van der Waals surface area contributed by atoms with Crippen LogP contribution in [0.4, 0.5) is 0 Å². The van der Waals surface area contributed by atoms with Crippen LogP contribution in [0.15, 0.2) is 0 Å². The van der Waals surface area contributed by atoms with E-state index in [1.807, 2.05) is 27.7 Å². The maximum absolute atomic E-state index is 12.0. The molecule has 0 saturated carbocycles. The van der Waals surface area contributed by atoms with Crippen LogP contribution in [0.3, 0.4) is 0 Å². The molecular formula is C10H26K2O7P2. The Morgan fingerprint density at radius 3 is 1.43 bits per heavy atom. The molecule has 2 N–H and O–H groups in total. The molecule has 120 valence electrons. The SMILES string of the molecule is CC(C)CCOP(=O)(OCCC(C)C)OP(=O)(O)O.[KH].[KH]. The summed E-state index contributed by atoms with van der Waals surface area (Å²) in [6.45, 7) is 7.87. The summed E-state index contributed by atoms with van der Waals surface area (Å²) >= 11 is 0. The van der Waals surface area contributed by atoms with E-state index in [4.69, 9.17) is 18.8 Å². The summed E-state index contributed by atoms with van der Waals surface area (Å²) in [6, 6.07) is 0. The first-order chi connectivity index (χ1) is 8.54. The Hall–Kier alpha value is 3.53. The van der Waals surface area contributed by atoms with Crippen molar-refractivity contribution in [2.24, 2.45) is 11.8 Å². The van der Waals surface area contributed by atoms with E-state index in [0.717, 1.165) is 0 Å². The molecule has 0 aliphatic rings. The molecule has 0 spiro atoms. The molecule has 0 aromatic carbocycles. The molecule has 11 heteroatoms. The number of hydrogen-bond acceptors (Lipinski definition) is 5. The van der Waals surface area contributed by atoms with Gasteiger partial charge in [0.1, 0.15) is 0 Å². The Bertz CT molecular complexity index is 328. The average molecular weight is 398 g/mol. The van der Waals surface area contributed by atoms with Gasteiger partial charge in [0.05, 0.1) is 13.2 Å². The van der Waals surface area contributed by atoms with Gasteiger partial charge in [0, 0.05) is 0 Å². The van der Waals surface area contributed by atoms with Crippen molar-refractivity contribution in [2.75, 3.05) is 13.2 Å². The summed E-state index contributed by atoms with van der Waals surface area (Å²) in [6.07, 6.45) is 1.17. The van der Waals surface area contributed by atoms with Crippen LogP contribution in [0.5, 0.6) is 0 Å². The molecule has 0 heterocycles. The van der Waals surface area contributed by atoms with Crippen molar-refractivity contribution in [3.05, 3.63) is 0 Å². The van der Waals surface area contributed by atoms with Crippen LogP contribution in [0.1, 0.15) is 40.5 Å². The topological polar surface area (TPSA) is 102 Å². The quantitative estimate of drug-likeness (QED) is 0.429. The van der Waals surface area contributed by atoms with Crippen molar-refractivity contribution < 1.29 is 32.3 Å². The van der Waals surface area contributed by atoms with Crippen molar-refractivity contribution in [1.82, 2.24) is 0 Å². The number of phosphoric ester groups is 1. The first-order valence-corrected chi connectivity index (χ1v) is 9.19. The Kier molecular flexibility index (Phi) is 20.5. The molecule has 0 saturated heterocycles. The molecule has 0 aliphatic heterocycles. The Balaban J connectivity index is -0.00000162. The molecular weight excluding hydrogens is 372 g/mol. The fraction of sp³-hybridized carbons (Fsp3) is 1.00. The summed E-state index contributed by atoms with van der Waals surface area (Å²) in [4.78, 5) is 17.5. The third-order valence-corrected chi connectivity index (χ3v) is 4.74. The first kappa shape index (κ1) is 29.3. The van der Waals surface area contributed by atoms with Crippen molar-refractivity contribution in [1.29, 1.82) is 0 Å². The molecule has 0 aliphatic carbocycles. The Labute approximate surface area is 212 Å². The molecule has 0 radical (unpaired) electrons. The molecule has 0 unspecified atom stereocenters. The van der Waals surface area contributed by atoms with Gasteiger partial charge in [-0.05, 0) is 24.7 Å². The van der Waals surface area contributed by atoms with Crippen LogP contribution < -0.4 is 0 Å². The summed E-state index contributed by atoms with van der Waals surface area (Å²) < 4.78 is 36.8. The van der Waals surface area contributed by atoms with Crippen LogP contribution in [-0.4, -0.2) is 126 Å². The minimum atomic E-state index is -4.93. The molecule has 0 amide bonds. The van der Waals surface area contributed by atoms with E-state index < -0.39 is 15.6 Å². The zero-order valence-corrected chi connectivity index (χ0v) is 13.6. The maximum atomic E-state index is 12.0. The average Bonchev–Trinajstić information content (AvgIpc) is 2.12. The van der Waals surface area contributed by atoms with E-state index in [1.54, 1.807) is 0 Å². The normalized spacial score (nSPS) is 12.2. The molecule has 0 aromatic heterocycles. The summed E-state index contributed by atoms with van der Waals surface area (Å²) in [7, 11) is -9.14. The Morgan fingerprint density at radius 1 is 0.857 bits per heavy atom. The van der Waals surface area contributed by atoms with Gasteiger partial charge in [-0.15, -0.1) is 0 Å². The minimum absolute atomic E-state index is 0. The van der Waals surface area contributed by atoms with Crippen LogP contribution >= 0.6 is 15.6 Å². The number of phosphoric acid groups is 2. The Morgan fingerprint density at radius 2 is 1.19 bits per heavy atom. The van der Waals surface area contributed by atoms with E-state index in [0.29, 0.717) is 24.7 Å². The second-order valence-electron chi connectivity index (χ2n) is 5.05. The first-order valence-electron chi connectivity index (χ1n) is 6.20. The van der Waals surface area contributed by atoms with Gasteiger partial charge in [-0.1, -0.05) is 27.7 Å². The van der Waals surface area contributed by atoms with E-state index in [9.17, 15) is 9.13 Å². The molecule has 21 heavy (non-hydrogen) atoms. The third kappa shape index (κ3) is 19.7. The fourth-order valence-electron chi connectivity index (χ4n) is 1.02. The molecule has 0 rings (SSSR count). The van der Waals surface area contributed by atoms with Crippen LogP contribution in [-0.2, 0) is 22.5 Å². The van der Waals surface area contributed by atoms with E-state index in [-0.39, 0.29) is 116 Å². The van der Waals surface area contributed by atoms with Gasteiger partial charge in [-0.3, -0.25) is 9.05 Å². The summed E-state index contributed by atoms with van der Waals surface area (Å²) in [5, 5.41) is 0. The van der Waals surface area contributed by atoms with Gasteiger partial charge in [-0.2, -0.15) is 4.31 Å². The van der Waals surface area contributed by atoms with Crippen LogP contribution in [0.25, 0.3) is 0 Å². The van der Waals surface area contributed by atoms with Crippen molar-refractivity contribution >= 4 is 118 Å². The molecule has 0 atom stereocenters. The third-order valence-electron chi connectivity index (χ3n) is 2.10. The van der Waals surface area contributed by atoms with Gasteiger partial charge >= 0.3 is 118 Å². The number of hydrogen-bond donors (Lipinski definition) is 2. The zero-order chi connectivity index (χ0) is 15.1. The summed E-state index contributed by atoms with van der Waals surface area (Å²) in [5.41, 5.74) is 0. The van der Waals surface area contributed by atoms with Crippen LogP contribution in [0.2, 0.25) is 0 Å². The zero-order valence-electron chi connectivity index (χ0n) is 11.8. The second kappa shape index (κ2) is 14.7. The van der Waals surface area contributed by atoms with Gasteiger partial charge in [0.25, 0.3) is 0 Å². The van der Waals surface area contributed by atoms with Crippen molar-refractivity contribution in [3.8, 4) is 0 Å². The molecule has 0 aromatic rings. The van der Waals surface area contributed by atoms with Crippen LogP contribution in [0, 0.1) is 11.8 Å². The van der Waals surface area contributed by atoms with E-state index in [1.165, 1.54) is 0 Å². The van der Waals surface area contributed by atoms with Crippen molar-refractivity contribution in [2.45, 2.75) is 40.5 Å². The summed E-state index contributed by atoms with van der Waals surface area (Å²) in [5.74, 6) is 0.610. The predicted octanol–water partition coefficient (Wildman–Crippen LogP) is 2.03. The molecule has 7 nitrogen and oxygen atoms in total.